The monoisotopic (exact) mass is 348 g/mol. The molecule has 2 atom stereocenters. The minimum Gasteiger partial charge on any atom is -0.497 e. The molecule has 2 aromatic rings. The van der Waals surface area contributed by atoms with Crippen LogP contribution in [-0.4, -0.2) is 32.5 Å². The molecular formula is C19H21ClO4. The number of halogens is 1. The highest BCUT2D eigenvalue weighted by molar-refractivity contribution is 6.31. The van der Waals surface area contributed by atoms with Crippen LogP contribution in [0.3, 0.4) is 0 Å². The second kappa shape index (κ2) is 8.49. The number of hydrogen-bond donors (Lipinski definition) is 0. The van der Waals surface area contributed by atoms with Crippen molar-refractivity contribution in [3.8, 4) is 5.75 Å². The summed E-state index contributed by atoms with van der Waals surface area (Å²) in [5.41, 5.74) is 2.07. The molecule has 0 spiro atoms. The van der Waals surface area contributed by atoms with Crippen molar-refractivity contribution in [3.63, 3.8) is 0 Å². The van der Waals surface area contributed by atoms with Crippen molar-refractivity contribution in [1.82, 2.24) is 0 Å². The normalized spacial score (nSPS) is 17.5. The molecule has 0 radical (unpaired) electrons. The molecule has 4 nitrogen and oxygen atoms in total. The second-order valence-corrected chi connectivity index (χ2v) is 6.08. The van der Waals surface area contributed by atoms with E-state index in [1.807, 2.05) is 48.5 Å². The molecule has 1 fully saturated rings. The van der Waals surface area contributed by atoms with Crippen LogP contribution in [0.25, 0.3) is 0 Å². The van der Waals surface area contributed by atoms with Gasteiger partial charge in [0.2, 0.25) is 0 Å². The summed E-state index contributed by atoms with van der Waals surface area (Å²) in [6.07, 6.45) is 0.0304. The Kier molecular flexibility index (Phi) is 6.10. The van der Waals surface area contributed by atoms with Crippen LogP contribution < -0.4 is 4.74 Å². The first-order valence-corrected chi connectivity index (χ1v) is 8.31. The number of rotatable bonds is 9. The van der Waals surface area contributed by atoms with Gasteiger partial charge in [0.1, 0.15) is 18.0 Å². The molecule has 2 aromatic carbocycles. The molecule has 5 heteroatoms. The third kappa shape index (κ3) is 4.95. The van der Waals surface area contributed by atoms with Crippen molar-refractivity contribution in [2.24, 2.45) is 0 Å². The lowest BCUT2D eigenvalue weighted by Gasteiger charge is -2.17. The summed E-state index contributed by atoms with van der Waals surface area (Å²) in [7, 11) is 1.65. The number of hydrogen-bond acceptors (Lipinski definition) is 4. The van der Waals surface area contributed by atoms with Gasteiger partial charge in [-0.1, -0.05) is 41.9 Å². The Balaban J connectivity index is 1.46. The van der Waals surface area contributed by atoms with Crippen LogP contribution in [0.2, 0.25) is 5.02 Å². The van der Waals surface area contributed by atoms with E-state index in [0.29, 0.717) is 24.8 Å². The van der Waals surface area contributed by atoms with Crippen LogP contribution in [0, 0.1) is 0 Å². The zero-order chi connectivity index (χ0) is 16.8. The quantitative estimate of drug-likeness (QED) is 0.645. The molecule has 0 amide bonds. The van der Waals surface area contributed by atoms with Gasteiger partial charge in [-0.2, -0.15) is 0 Å². The van der Waals surface area contributed by atoms with Gasteiger partial charge in [0, 0.05) is 5.02 Å². The Morgan fingerprint density at radius 1 is 1.12 bits per heavy atom. The van der Waals surface area contributed by atoms with E-state index < -0.39 is 0 Å². The van der Waals surface area contributed by atoms with Gasteiger partial charge in [-0.25, -0.2) is 0 Å². The zero-order valence-electron chi connectivity index (χ0n) is 13.6. The topological polar surface area (TPSA) is 40.2 Å². The van der Waals surface area contributed by atoms with Crippen LogP contribution >= 0.6 is 11.6 Å². The highest BCUT2D eigenvalue weighted by Crippen LogP contribution is 2.22. The summed E-state index contributed by atoms with van der Waals surface area (Å²) in [6, 6.07) is 15.5. The van der Waals surface area contributed by atoms with E-state index in [-0.39, 0.29) is 12.2 Å². The predicted molar refractivity (Wildman–Crippen MR) is 92.4 cm³/mol. The highest BCUT2D eigenvalue weighted by Gasteiger charge is 2.33. The molecule has 1 heterocycles. The molecule has 1 saturated heterocycles. The fraction of sp³-hybridized carbons (Fsp3) is 0.368. The maximum absolute atomic E-state index is 6.16. The third-order valence-corrected chi connectivity index (χ3v) is 4.26. The highest BCUT2D eigenvalue weighted by atomic mass is 35.5. The van der Waals surface area contributed by atoms with Crippen molar-refractivity contribution < 1.29 is 18.9 Å². The fourth-order valence-corrected chi connectivity index (χ4v) is 2.55. The Morgan fingerprint density at radius 3 is 2.54 bits per heavy atom. The van der Waals surface area contributed by atoms with E-state index in [2.05, 4.69) is 0 Å². The smallest absolute Gasteiger partial charge is 0.118 e. The maximum Gasteiger partial charge on any atom is 0.118 e. The average Bonchev–Trinajstić information content (AvgIpc) is 3.45. The fourth-order valence-electron chi connectivity index (χ4n) is 2.36. The molecule has 0 N–H and O–H groups in total. The van der Waals surface area contributed by atoms with Gasteiger partial charge in [0.05, 0.1) is 33.5 Å². The molecular weight excluding hydrogens is 328 g/mol. The molecule has 1 aliphatic rings. The SMILES string of the molecule is COc1ccc(COC[C@H](OCc2ccccc2Cl)[C@H]2CO2)cc1. The van der Waals surface area contributed by atoms with Crippen molar-refractivity contribution >= 4 is 11.6 Å². The van der Waals surface area contributed by atoms with Crippen molar-refractivity contribution in [2.45, 2.75) is 25.4 Å². The largest absolute Gasteiger partial charge is 0.497 e. The lowest BCUT2D eigenvalue weighted by atomic mass is 10.2. The molecule has 1 aliphatic heterocycles. The van der Waals surface area contributed by atoms with Gasteiger partial charge in [-0.15, -0.1) is 0 Å². The predicted octanol–water partition coefficient (Wildman–Crippen LogP) is 3.85. The minimum atomic E-state index is -0.0838. The van der Waals surface area contributed by atoms with Gasteiger partial charge >= 0.3 is 0 Å². The molecule has 0 unspecified atom stereocenters. The van der Waals surface area contributed by atoms with Crippen LogP contribution in [0.1, 0.15) is 11.1 Å². The average molecular weight is 349 g/mol. The summed E-state index contributed by atoms with van der Waals surface area (Å²) in [6.45, 7) is 2.19. The van der Waals surface area contributed by atoms with Crippen LogP contribution in [-0.2, 0) is 27.4 Å². The van der Waals surface area contributed by atoms with Crippen molar-refractivity contribution in [1.29, 1.82) is 0 Å². The first-order valence-electron chi connectivity index (χ1n) is 7.93. The minimum absolute atomic E-state index is 0.0838. The van der Waals surface area contributed by atoms with Crippen molar-refractivity contribution in [3.05, 3.63) is 64.7 Å². The molecule has 24 heavy (non-hydrogen) atoms. The Hall–Kier alpha value is -1.59. The van der Waals surface area contributed by atoms with Crippen LogP contribution in [0.5, 0.6) is 5.75 Å². The van der Waals surface area contributed by atoms with E-state index >= 15 is 0 Å². The number of ether oxygens (including phenoxy) is 4. The van der Waals surface area contributed by atoms with Crippen LogP contribution in [0.15, 0.2) is 48.5 Å². The third-order valence-electron chi connectivity index (χ3n) is 3.89. The summed E-state index contributed by atoms with van der Waals surface area (Å²) < 4.78 is 22.3. The Morgan fingerprint density at radius 2 is 1.88 bits per heavy atom. The molecule has 0 bridgehead atoms. The lowest BCUT2D eigenvalue weighted by molar-refractivity contribution is -0.0417. The number of benzene rings is 2. The number of methoxy groups -OCH3 is 1. The zero-order valence-corrected chi connectivity index (χ0v) is 14.4. The molecule has 0 aromatic heterocycles. The van der Waals surface area contributed by atoms with E-state index in [1.165, 1.54) is 0 Å². The standard InChI is InChI=1S/C19H21ClO4/c1-21-16-8-6-14(7-9-16)10-22-12-18(19-13-24-19)23-11-15-4-2-3-5-17(15)20/h2-9,18-19H,10-13H2,1H3/t18-,19+/m0/s1. The first-order chi connectivity index (χ1) is 11.8. The van der Waals surface area contributed by atoms with Gasteiger partial charge in [0.15, 0.2) is 0 Å². The lowest BCUT2D eigenvalue weighted by Crippen LogP contribution is -2.26. The maximum atomic E-state index is 6.16. The summed E-state index contributed by atoms with van der Waals surface area (Å²) in [5.74, 6) is 0.839. The number of epoxide rings is 1. The van der Waals surface area contributed by atoms with E-state index in [0.717, 1.165) is 23.5 Å². The van der Waals surface area contributed by atoms with Gasteiger partial charge in [-0.3, -0.25) is 0 Å². The Labute approximate surface area is 147 Å². The molecule has 128 valence electrons. The van der Waals surface area contributed by atoms with Crippen molar-refractivity contribution in [2.75, 3.05) is 20.3 Å². The summed E-state index contributed by atoms with van der Waals surface area (Å²) in [5, 5.41) is 0.715. The Bertz CT molecular complexity index is 640. The molecule has 3 rings (SSSR count). The molecule has 0 saturated carbocycles. The van der Waals surface area contributed by atoms with Gasteiger partial charge < -0.3 is 18.9 Å². The van der Waals surface area contributed by atoms with Crippen LogP contribution in [0.4, 0.5) is 0 Å². The van der Waals surface area contributed by atoms with Gasteiger partial charge in [-0.05, 0) is 29.3 Å². The summed E-state index contributed by atoms with van der Waals surface area (Å²) >= 11 is 6.16. The van der Waals surface area contributed by atoms with E-state index in [9.17, 15) is 0 Å². The molecule has 0 aliphatic carbocycles. The van der Waals surface area contributed by atoms with E-state index in [4.69, 9.17) is 30.5 Å². The van der Waals surface area contributed by atoms with Gasteiger partial charge in [0.25, 0.3) is 0 Å². The first kappa shape index (κ1) is 17.2. The second-order valence-electron chi connectivity index (χ2n) is 5.68. The van der Waals surface area contributed by atoms with E-state index in [1.54, 1.807) is 7.11 Å². The summed E-state index contributed by atoms with van der Waals surface area (Å²) in [4.78, 5) is 0.